The predicted octanol–water partition coefficient (Wildman–Crippen LogP) is 4.15. The smallest absolute Gasteiger partial charge is 0.366 e. The van der Waals surface area contributed by atoms with E-state index < -0.39 is 27.6 Å². The van der Waals surface area contributed by atoms with Gasteiger partial charge in [0, 0.05) is 17.6 Å². The number of aromatic nitrogens is 2. The van der Waals surface area contributed by atoms with E-state index in [1.54, 1.807) is 23.1 Å². The molecule has 1 aliphatic rings. The van der Waals surface area contributed by atoms with Crippen molar-refractivity contribution in [2.45, 2.75) is 55.8 Å². The van der Waals surface area contributed by atoms with E-state index in [1.807, 2.05) is 4.57 Å². The Labute approximate surface area is 188 Å². The summed E-state index contributed by atoms with van der Waals surface area (Å²) >= 11 is 0. The molecule has 1 aliphatic carbocycles. The van der Waals surface area contributed by atoms with Crippen LogP contribution in [0.5, 0.6) is 0 Å². The Bertz CT molecular complexity index is 1330. The topological polar surface area (TPSA) is 107 Å². The van der Waals surface area contributed by atoms with E-state index in [1.165, 1.54) is 24.3 Å². The predicted molar refractivity (Wildman–Crippen MR) is 117 cm³/mol. The normalized spacial score (nSPS) is 15.5. The van der Waals surface area contributed by atoms with Gasteiger partial charge in [0.1, 0.15) is 11.2 Å². The van der Waals surface area contributed by atoms with Crippen LogP contribution in [0, 0.1) is 0 Å². The Morgan fingerprint density at radius 1 is 1.15 bits per heavy atom. The Hall–Kier alpha value is -2.92. The van der Waals surface area contributed by atoms with Crippen LogP contribution in [-0.2, 0) is 10.0 Å². The highest BCUT2D eigenvalue weighted by Crippen LogP contribution is 2.42. The number of hydrogen-bond donors (Lipinski definition) is 2. The van der Waals surface area contributed by atoms with E-state index in [2.05, 4.69) is 4.98 Å². The average molecular weight is 481 g/mol. The molecular weight excluding hydrogens is 457 g/mol. The third-order valence-electron chi connectivity index (χ3n) is 5.98. The van der Waals surface area contributed by atoms with Crippen LogP contribution in [0.15, 0.2) is 47.5 Å². The van der Waals surface area contributed by atoms with Crippen molar-refractivity contribution in [2.75, 3.05) is 0 Å². The number of rotatable bonds is 6. The van der Waals surface area contributed by atoms with E-state index in [4.69, 9.17) is 5.73 Å². The van der Waals surface area contributed by atoms with E-state index in [0.717, 1.165) is 33.1 Å². The van der Waals surface area contributed by atoms with Crippen molar-refractivity contribution < 1.29 is 26.4 Å². The van der Waals surface area contributed by atoms with Gasteiger partial charge in [0.25, 0.3) is 5.91 Å². The number of benzene rings is 1. The molecule has 2 heterocycles. The summed E-state index contributed by atoms with van der Waals surface area (Å²) in [7, 11) is -4.45. The second-order valence-electron chi connectivity index (χ2n) is 8.67. The molecule has 1 fully saturated rings. The van der Waals surface area contributed by atoms with Gasteiger partial charge in [-0.3, -0.25) is 4.79 Å². The molecule has 1 amide bonds. The number of nitrogens with one attached hydrogen (secondary N) is 1. The lowest BCUT2D eigenvalue weighted by Crippen LogP contribution is -2.54. The van der Waals surface area contributed by atoms with Gasteiger partial charge in [-0.1, -0.05) is 12.1 Å². The molecule has 0 saturated heterocycles. The lowest BCUT2D eigenvalue weighted by atomic mass is 9.92. The lowest BCUT2D eigenvalue weighted by molar-refractivity contribution is -0.180. The molecule has 3 aromatic rings. The third-order valence-corrected chi connectivity index (χ3v) is 7.66. The molecule has 7 nitrogen and oxygen atoms in total. The van der Waals surface area contributed by atoms with Gasteiger partial charge in [-0.25, -0.2) is 13.4 Å². The monoisotopic (exact) mass is 480 g/mol. The number of pyridine rings is 1. The molecule has 1 saturated carbocycles. The number of sulfonamides is 1. The minimum Gasteiger partial charge on any atom is -0.366 e. The Kier molecular flexibility index (Phi) is 5.52. The molecule has 0 atom stereocenters. The molecule has 0 unspecified atom stereocenters. The van der Waals surface area contributed by atoms with Gasteiger partial charge in [-0.2, -0.15) is 17.9 Å². The molecule has 0 aliphatic heterocycles. The molecule has 11 heteroatoms. The average Bonchev–Trinajstić information content (AvgIpc) is 3.00. The van der Waals surface area contributed by atoms with Crippen LogP contribution in [0.4, 0.5) is 13.2 Å². The third kappa shape index (κ3) is 3.99. The maximum Gasteiger partial charge on any atom is 0.407 e. The Morgan fingerprint density at radius 3 is 2.30 bits per heavy atom. The minimum absolute atomic E-state index is 0.114. The summed E-state index contributed by atoms with van der Waals surface area (Å²) in [5, 5.41) is 0.595. The Morgan fingerprint density at radius 2 is 1.79 bits per heavy atom. The summed E-state index contributed by atoms with van der Waals surface area (Å²) in [6.45, 7) is 1.50. The summed E-state index contributed by atoms with van der Waals surface area (Å²) in [6, 6.07) is 8.92. The van der Waals surface area contributed by atoms with Crippen molar-refractivity contribution in [2.24, 2.45) is 5.73 Å². The number of primary amides is 1. The van der Waals surface area contributed by atoms with E-state index in [0.29, 0.717) is 22.3 Å². The summed E-state index contributed by atoms with van der Waals surface area (Å²) < 4.78 is 68.3. The van der Waals surface area contributed by atoms with Crippen molar-refractivity contribution in [3.8, 4) is 11.3 Å². The van der Waals surface area contributed by atoms with E-state index in [-0.39, 0.29) is 16.5 Å². The molecular formula is C22H23F3N4O3S. The van der Waals surface area contributed by atoms with Gasteiger partial charge in [0.15, 0.2) is 0 Å². The highest BCUT2D eigenvalue weighted by Gasteiger charge is 2.49. The molecule has 0 radical (unpaired) electrons. The molecule has 2 aromatic heterocycles. The molecule has 0 spiro atoms. The van der Waals surface area contributed by atoms with Crippen molar-refractivity contribution in [1.29, 1.82) is 0 Å². The first kappa shape index (κ1) is 23.2. The number of hydrogen-bond acceptors (Lipinski definition) is 4. The van der Waals surface area contributed by atoms with Crippen LogP contribution in [0.1, 0.15) is 49.5 Å². The zero-order valence-electron chi connectivity index (χ0n) is 18.0. The number of alkyl halides is 3. The second-order valence-corrected chi connectivity index (χ2v) is 10.4. The fourth-order valence-corrected chi connectivity index (χ4v) is 5.32. The van der Waals surface area contributed by atoms with Crippen LogP contribution in [0.3, 0.4) is 0 Å². The Balaban J connectivity index is 1.81. The number of carbonyl (C=O) groups excluding carboxylic acids is 1. The summed E-state index contributed by atoms with van der Waals surface area (Å²) in [6.07, 6.45) is -0.327. The number of nitrogens with two attached hydrogens (primary N) is 1. The van der Waals surface area contributed by atoms with Crippen LogP contribution in [0.25, 0.3) is 22.3 Å². The summed E-state index contributed by atoms with van der Waals surface area (Å²) in [5.74, 6) is -0.647. The molecule has 3 N–H and O–H groups in total. The fourth-order valence-electron chi connectivity index (χ4n) is 3.92. The van der Waals surface area contributed by atoms with Crippen molar-refractivity contribution in [3.63, 3.8) is 0 Å². The molecule has 33 heavy (non-hydrogen) atoms. The lowest BCUT2D eigenvalue weighted by Gasteiger charge is -2.30. The van der Waals surface area contributed by atoms with Crippen molar-refractivity contribution in [1.82, 2.24) is 14.3 Å². The van der Waals surface area contributed by atoms with Crippen LogP contribution in [0.2, 0.25) is 0 Å². The number of carbonyl (C=O) groups is 1. The quantitative estimate of drug-likeness (QED) is 0.553. The second kappa shape index (κ2) is 7.84. The van der Waals surface area contributed by atoms with Crippen LogP contribution < -0.4 is 10.5 Å². The number of nitrogens with zero attached hydrogens (tertiary/aromatic N) is 2. The first-order valence-electron chi connectivity index (χ1n) is 10.3. The molecule has 1 aromatic carbocycles. The van der Waals surface area contributed by atoms with E-state index in [9.17, 15) is 26.4 Å². The highest BCUT2D eigenvalue weighted by molar-refractivity contribution is 7.89. The van der Waals surface area contributed by atoms with Crippen molar-refractivity contribution >= 4 is 27.0 Å². The SMILES string of the molecule is CC(C)(NS(=O)(=O)c1ccc(-c2c(C(N)=O)c3cccnc3n2C2CCC2)cc1)C(F)(F)F. The largest absolute Gasteiger partial charge is 0.407 e. The number of halogens is 3. The standard InChI is InChI=1S/C22H23F3N4O3S/c1-21(2,22(23,24)25)28-33(31,32)15-10-8-13(9-11-15)18-17(19(26)30)16-7-4-12-27-20(16)29(18)14-5-3-6-14/h4,7-12,14,28H,3,5-6H2,1-2H3,(H2,26,30). The van der Waals surface area contributed by atoms with Gasteiger partial charge in [0.2, 0.25) is 10.0 Å². The highest BCUT2D eigenvalue weighted by atomic mass is 32.2. The minimum atomic E-state index is -4.77. The summed E-state index contributed by atoms with van der Waals surface area (Å²) in [5.41, 5.74) is 4.98. The van der Waals surface area contributed by atoms with E-state index >= 15 is 0 Å². The first-order valence-corrected chi connectivity index (χ1v) is 11.8. The van der Waals surface area contributed by atoms with Gasteiger partial charge in [0.05, 0.1) is 16.2 Å². The summed E-state index contributed by atoms with van der Waals surface area (Å²) in [4.78, 5) is 16.5. The maximum atomic E-state index is 13.2. The maximum absolute atomic E-state index is 13.2. The van der Waals surface area contributed by atoms with Crippen LogP contribution in [-0.4, -0.2) is 35.6 Å². The first-order chi connectivity index (χ1) is 15.3. The number of fused-ring (bicyclic) bond motifs is 1. The van der Waals surface area contributed by atoms with Gasteiger partial charge in [-0.05, 0) is 62.9 Å². The van der Waals surface area contributed by atoms with Gasteiger partial charge in [-0.15, -0.1) is 0 Å². The zero-order chi connectivity index (χ0) is 24.2. The van der Waals surface area contributed by atoms with Crippen LogP contribution >= 0.6 is 0 Å². The number of amides is 1. The molecule has 176 valence electrons. The zero-order valence-corrected chi connectivity index (χ0v) is 18.8. The van der Waals surface area contributed by atoms with Gasteiger partial charge >= 0.3 is 6.18 Å². The molecule has 0 bridgehead atoms. The van der Waals surface area contributed by atoms with Crippen molar-refractivity contribution in [3.05, 3.63) is 48.2 Å². The molecule has 4 rings (SSSR count). The van der Waals surface area contributed by atoms with Gasteiger partial charge < -0.3 is 10.3 Å². The fraction of sp³-hybridized carbons (Fsp3) is 0.364.